The summed E-state index contributed by atoms with van der Waals surface area (Å²) in [7, 11) is 0. The molecule has 1 saturated carbocycles. The van der Waals surface area contributed by atoms with E-state index in [0.717, 1.165) is 50.1 Å². The van der Waals surface area contributed by atoms with Gasteiger partial charge in [0.25, 0.3) is 0 Å². The number of anilines is 3. The quantitative estimate of drug-likeness (QED) is 0.143. The van der Waals surface area contributed by atoms with Gasteiger partial charge in [0.2, 0.25) is 0 Å². The predicted molar refractivity (Wildman–Crippen MR) is 305 cm³/mol. The van der Waals surface area contributed by atoms with Gasteiger partial charge in [-0.1, -0.05) is 238 Å². The van der Waals surface area contributed by atoms with E-state index in [-0.39, 0.29) is 0 Å². The summed E-state index contributed by atoms with van der Waals surface area (Å²) in [6, 6.07) is 94.5. The Morgan fingerprint density at radius 2 is 0.904 bits per heavy atom. The van der Waals surface area contributed by atoms with Crippen molar-refractivity contribution >= 4 is 49.8 Å². The first-order chi connectivity index (χ1) is 36.3. The molecule has 0 atom stereocenters. The molecule has 0 unspecified atom stereocenters. The zero-order chi connectivity index (χ0) is 48.3. The van der Waals surface area contributed by atoms with Crippen LogP contribution in [0.4, 0.5) is 17.1 Å². The zero-order valence-corrected chi connectivity index (χ0v) is 40.7. The van der Waals surface area contributed by atoms with Gasteiger partial charge >= 0.3 is 0 Å². The Morgan fingerprint density at radius 3 is 1.64 bits per heavy atom. The Balaban J connectivity index is 1.01. The van der Waals surface area contributed by atoms with E-state index in [4.69, 9.17) is 4.42 Å². The van der Waals surface area contributed by atoms with E-state index in [9.17, 15) is 0 Å². The van der Waals surface area contributed by atoms with Crippen molar-refractivity contribution < 1.29 is 4.42 Å². The van der Waals surface area contributed by atoms with Gasteiger partial charge in [-0.15, -0.1) is 0 Å². The fourth-order valence-corrected chi connectivity index (χ4v) is 13.1. The molecule has 0 aliphatic heterocycles. The van der Waals surface area contributed by atoms with Gasteiger partial charge in [-0.05, 0) is 127 Å². The van der Waals surface area contributed by atoms with Gasteiger partial charge in [-0.3, -0.25) is 0 Å². The lowest BCUT2D eigenvalue weighted by molar-refractivity contribution is 0.445. The summed E-state index contributed by atoms with van der Waals surface area (Å²) in [6.45, 7) is 0. The van der Waals surface area contributed by atoms with Gasteiger partial charge in [0.1, 0.15) is 11.2 Å². The summed E-state index contributed by atoms with van der Waals surface area (Å²) >= 11 is 0. The van der Waals surface area contributed by atoms with Gasteiger partial charge in [-0.2, -0.15) is 0 Å². The van der Waals surface area contributed by atoms with E-state index in [1.54, 1.807) is 0 Å². The molecule has 1 heterocycles. The van der Waals surface area contributed by atoms with Crippen LogP contribution in [0.3, 0.4) is 0 Å². The van der Waals surface area contributed by atoms with Gasteiger partial charge in [0, 0.05) is 27.6 Å². The molecule has 0 N–H and O–H groups in total. The van der Waals surface area contributed by atoms with Crippen LogP contribution in [0.5, 0.6) is 0 Å². The molecule has 348 valence electrons. The monoisotopic (exact) mass is 935 g/mol. The molecular weight excluding hydrogens is 883 g/mol. The Morgan fingerprint density at radius 1 is 0.370 bits per heavy atom. The minimum Gasteiger partial charge on any atom is -0.456 e. The summed E-state index contributed by atoms with van der Waals surface area (Å²) < 4.78 is 6.39. The maximum Gasteiger partial charge on any atom is 0.136 e. The number of furan rings is 1. The molecule has 1 aromatic heterocycles. The predicted octanol–water partition coefficient (Wildman–Crippen LogP) is 19.6. The van der Waals surface area contributed by atoms with Crippen molar-refractivity contribution in [1.29, 1.82) is 0 Å². The van der Waals surface area contributed by atoms with Crippen LogP contribution < -0.4 is 4.90 Å². The normalized spacial score (nSPS) is 14.1. The molecule has 14 rings (SSSR count). The minimum atomic E-state index is -0.519. The van der Waals surface area contributed by atoms with E-state index >= 15 is 0 Å². The van der Waals surface area contributed by atoms with Crippen molar-refractivity contribution in [2.75, 3.05) is 4.90 Å². The van der Waals surface area contributed by atoms with Crippen molar-refractivity contribution in [3.63, 3.8) is 0 Å². The van der Waals surface area contributed by atoms with Gasteiger partial charge in [0.05, 0.1) is 16.8 Å². The van der Waals surface area contributed by atoms with Crippen molar-refractivity contribution in [2.24, 2.45) is 0 Å². The summed E-state index contributed by atoms with van der Waals surface area (Å²) in [4.78, 5) is 2.53. The molecule has 0 amide bonds. The van der Waals surface area contributed by atoms with Crippen molar-refractivity contribution in [3.05, 3.63) is 283 Å². The molecule has 73 heavy (non-hydrogen) atoms. The van der Waals surface area contributed by atoms with E-state index in [0.29, 0.717) is 5.92 Å². The van der Waals surface area contributed by atoms with Crippen LogP contribution in [0, 0.1) is 0 Å². The number of nitrogens with zero attached hydrogens (tertiary/aromatic N) is 1. The fourth-order valence-electron chi connectivity index (χ4n) is 13.1. The third kappa shape index (κ3) is 6.92. The number of para-hydroxylation sites is 3. The number of hydrogen-bond donors (Lipinski definition) is 0. The zero-order valence-electron chi connectivity index (χ0n) is 40.7. The molecule has 2 heteroatoms. The van der Waals surface area contributed by atoms with E-state index in [2.05, 4.69) is 254 Å². The number of rotatable bonds is 9. The summed E-state index contributed by atoms with van der Waals surface area (Å²) in [5.74, 6) is 0.550. The molecule has 11 aromatic carbocycles. The second kappa shape index (κ2) is 17.8. The fraction of sp³-hybridized carbons (Fsp3) is 0.0986. The summed E-state index contributed by atoms with van der Waals surface area (Å²) in [5, 5.41) is 4.95. The highest BCUT2D eigenvalue weighted by Crippen LogP contribution is 2.59. The first kappa shape index (κ1) is 43.1. The minimum absolute atomic E-state index is 0.519. The Bertz CT molecular complexity index is 3960. The molecule has 0 saturated heterocycles. The maximum absolute atomic E-state index is 6.39. The maximum atomic E-state index is 6.39. The molecule has 2 aliphatic carbocycles. The van der Waals surface area contributed by atoms with Crippen LogP contribution in [0.15, 0.2) is 259 Å². The average Bonchev–Trinajstić information content (AvgIpc) is 4.03. The SMILES string of the molecule is c1ccc(C2(c3ccccc3)c3ccccc3-c3c(-c4ccccc4N(c4ccc(-c5cccc6oc7ccccc7c56)cc4)c4ccccc4-c4cccc5cccc(C6CCCCC6)c45)cccc32)cc1. The molecule has 0 radical (unpaired) electrons. The van der Waals surface area contributed by atoms with Crippen molar-refractivity contribution in [3.8, 4) is 44.5 Å². The topological polar surface area (TPSA) is 16.4 Å². The molecule has 2 aliphatic rings. The van der Waals surface area contributed by atoms with Crippen LogP contribution in [-0.4, -0.2) is 0 Å². The number of hydrogen-bond acceptors (Lipinski definition) is 2. The van der Waals surface area contributed by atoms with E-state index in [1.807, 2.05) is 6.07 Å². The first-order valence-electron chi connectivity index (χ1n) is 26.1. The smallest absolute Gasteiger partial charge is 0.136 e. The number of fused-ring (bicyclic) bond motifs is 7. The Hall–Kier alpha value is -8.72. The highest BCUT2D eigenvalue weighted by atomic mass is 16.3. The standard InChI is InChI=1S/C71H53NO/c1-4-22-48(23-5-1)54-34-18-24-50-25-19-36-58(68(50)54)56-30-11-15-40-64(56)72(53-46-44-49(45-47-53)55-35-21-43-67-70(55)61-33-13-17-42-66(61)73-67)65-41-16-12-31-57(65)59-37-20-39-63-69(59)60-32-10-14-38-62(60)71(63,51-26-6-2-7-27-51)52-28-8-3-9-29-52/h2-3,6-21,24-48H,1,4-5,22-23H2. The summed E-state index contributed by atoms with van der Waals surface area (Å²) in [6.07, 6.45) is 6.38. The molecule has 12 aromatic rings. The second-order valence-electron chi connectivity index (χ2n) is 20.0. The highest BCUT2D eigenvalue weighted by Gasteiger charge is 2.47. The van der Waals surface area contributed by atoms with Crippen LogP contribution in [0.1, 0.15) is 65.8 Å². The van der Waals surface area contributed by atoms with E-state index < -0.39 is 5.41 Å². The van der Waals surface area contributed by atoms with Crippen LogP contribution in [-0.2, 0) is 5.41 Å². The Labute approximate surface area is 427 Å². The molecule has 1 fully saturated rings. The molecule has 0 spiro atoms. The Kier molecular flexibility index (Phi) is 10.5. The van der Waals surface area contributed by atoms with Gasteiger partial charge in [0.15, 0.2) is 0 Å². The second-order valence-corrected chi connectivity index (χ2v) is 20.0. The van der Waals surface area contributed by atoms with Crippen LogP contribution in [0.2, 0.25) is 0 Å². The number of benzene rings is 11. The molecule has 2 nitrogen and oxygen atoms in total. The molecular formula is C71H53NO. The van der Waals surface area contributed by atoms with Crippen molar-refractivity contribution in [2.45, 2.75) is 43.4 Å². The van der Waals surface area contributed by atoms with Gasteiger partial charge < -0.3 is 9.32 Å². The third-order valence-corrected chi connectivity index (χ3v) is 16.2. The lowest BCUT2D eigenvalue weighted by Crippen LogP contribution is -2.28. The average molecular weight is 936 g/mol. The lowest BCUT2D eigenvalue weighted by Gasteiger charge is -2.34. The van der Waals surface area contributed by atoms with Crippen LogP contribution >= 0.6 is 0 Å². The summed E-state index contributed by atoms with van der Waals surface area (Å²) in [5.41, 5.74) is 20.9. The van der Waals surface area contributed by atoms with E-state index in [1.165, 1.54) is 104 Å². The largest absolute Gasteiger partial charge is 0.456 e. The molecule has 0 bridgehead atoms. The third-order valence-electron chi connectivity index (χ3n) is 16.2. The van der Waals surface area contributed by atoms with Crippen molar-refractivity contribution in [1.82, 2.24) is 0 Å². The first-order valence-corrected chi connectivity index (χ1v) is 26.1. The highest BCUT2D eigenvalue weighted by molar-refractivity contribution is 6.12. The van der Waals surface area contributed by atoms with Crippen LogP contribution in [0.25, 0.3) is 77.2 Å². The van der Waals surface area contributed by atoms with Gasteiger partial charge in [-0.25, -0.2) is 0 Å². The lowest BCUT2D eigenvalue weighted by atomic mass is 9.67.